The zero-order chi connectivity index (χ0) is 28.5. The number of ether oxygens (including phenoxy) is 1. The number of nitrogens with zero attached hydrogens (tertiary/aromatic N) is 2. The Hall–Kier alpha value is -5.95. The molecule has 1 aliphatic carbocycles. The van der Waals surface area contributed by atoms with Crippen molar-refractivity contribution in [3.8, 4) is 28.3 Å². The second-order valence-corrected chi connectivity index (χ2v) is 11.5. The van der Waals surface area contributed by atoms with Gasteiger partial charge < -0.3 is 22.4 Å². The Bertz CT molecular complexity index is 2720. The van der Waals surface area contributed by atoms with Crippen LogP contribution in [0.3, 0.4) is 0 Å². The number of oxazole rings is 1. The predicted octanol–water partition coefficient (Wildman–Crippen LogP) is 9.78. The van der Waals surface area contributed by atoms with Gasteiger partial charge in [-0.05, 0) is 65.7 Å². The van der Waals surface area contributed by atoms with Crippen molar-refractivity contribution in [3.05, 3.63) is 115 Å². The molecule has 208 valence electrons. The topological polar surface area (TPSA) is 79.1 Å². The third-order valence-electron chi connectivity index (χ3n) is 9.14. The summed E-state index contributed by atoms with van der Waals surface area (Å²) < 4.78 is 32.3. The maximum Gasteiger partial charge on any atom is 0.307 e. The van der Waals surface area contributed by atoms with E-state index in [-0.39, 0.29) is 12.0 Å². The molecule has 0 saturated carbocycles. The van der Waals surface area contributed by atoms with Gasteiger partial charge in [0.1, 0.15) is 29.1 Å². The average Bonchev–Trinajstić information content (AvgIpc) is 3.88. The fourth-order valence-electron chi connectivity index (χ4n) is 7.09. The molecule has 2 unspecified atom stereocenters. The van der Waals surface area contributed by atoms with Gasteiger partial charge in [0.25, 0.3) is 11.7 Å². The van der Waals surface area contributed by atoms with Gasteiger partial charge in [-0.25, -0.2) is 0 Å². The van der Waals surface area contributed by atoms with E-state index >= 15 is 0 Å². The lowest BCUT2D eigenvalue weighted by Gasteiger charge is -2.14. The van der Waals surface area contributed by atoms with E-state index in [9.17, 15) is 0 Å². The number of benzene rings is 4. The van der Waals surface area contributed by atoms with Crippen LogP contribution >= 0.6 is 0 Å². The molecule has 9 aromatic rings. The third-order valence-corrected chi connectivity index (χ3v) is 9.14. The summed E-state index contributed by atoms with van der Waals surface area (Å²) in [6.45, 7) is 0. The molecule has 11 rings (SSSR count). The standard InChI is InChI=1S/C37H20N2O5/c1-3-7-29-22(5-1)33-24-15-19(10-13-31(24)43-35(33)41-29)20-9-12-26-27(17-20)39-28(18-40-37(39)38-26)21-11-14-32-25(16-21)34-23-6-2-4-8-30(23)42-36(34)44-32/h1-18,23,30H. The van der Waals surface area contributed by atoms with Gasteiger partial charge in [-0.15, -0.1) is 0 Å². The molecule has 0 N–H and O–H groups in total. The Kier molecular flexibility index (Phi) is 4.06. The van der Waals surface area contributed by atoms with Crippen LogP contribution in [0.4, 0.5) is 0 Å². The Labute approximate surface area is 247 Å². The van der Waals surface area contributed by atoms with Crippen molar-refractivity contribution in [2.24, 2.45) is 0 Å². The second kappa shape index (κ2) is 7.90. The van der Waals surface area contributed by atoms with Gasteiger partial charge in [0, 0.05) is 21.7 Å². The summed E-state index contributed by atoms with van der Waals surface area (Å²) in [6, 6.07) is 26.9. The number of hydrogen-bond donors (Lipinski definition) is 0. The summed E-state index contributed by atoms with van der Waals surface area (Å²) >= 11 is 0. The molecule has 44 heavy (non-hydrogen) atoms. The SMILES string of the molecule is C1=CC2Oc3oc4ccc(-c5coc6nc7ccc(-c8ccc9oc%10oc%11ccccc%11c%10c9c8)cc7n56)cc4c3C2C=C1. The van der Waals surface area contributed by atoms with Crippen LogP contribution in [0, 0.1) is 0 Å². The van der Waals surface area contributed by atoms with Crippen LogP contribution in [0.15, 0.2) is 127 Å². The number of fused-ring (bicyclic) bond motifs is 13. The van der Waals surface area contributed by atoms with Gasteiger partial charge in [0.2, 0.25) is 0 Å². The Balaban J connectivity index is 1.07. The van der Waals surface area contributed by atoms with Crippen molar-refractivity contribution in [3.63, 3.8) is 0 Å². The lowest BCUT2D eigenvalue weighted by atomic mass is 9.91. The minimum absolute atomic E-state index is 0.0250. The molecule has 7 heteroatoms. The first-order chi connectivity index (χ1) is 21.8. The highest BCUT2D eigenvalue weighted by atomic mass is 16.6. The van der Waals surface area contributed by atoms with Crippen LogP contribution < -0.4 is 4.74 Å². The summed E-state index contributed by atoms with van der Waals surface area (Å²) in [5, 5.41) is 4.13. The maximum atomic E-state index is 6.11. The predicted molar refractivity (Wildman–Crippen MR) is 168 cm³/mol. The van der Waals surface area contributed by atoms with Gasteiger partial charge in [-0.2, -0.15) is 4.98 Å². The number of rotatable bonds is 2. The van der Waals surface area contributed by atoms with Crippen molar-refractivity contribution in [1.29, 1.82) is 0 Å². The largest absolute Gasteiger partial charge is 0.456 e. The molecular weight excluding hydrogens is 552 g/mol. The highest BCUT2D eigenvalue weighted by Crippen LogP contribution is 2.48. The van der Waals surface area contributed by atoms with E-state index in [2.05, 4.69) is 65.1 Å². The van der Waals surface area contributed by atoms with E-state index in [1.807, 2.05) is 42.5 Å². The normalized spacial score (nSPS) is 17.5. The van der Waals surface area contributed by atoms with Crippen molar-refractivity contribution in [1.82, 2.24) is 9.38 Å². The number of hydrogen-bond acceptors (Lipinski definition) is 6. The first kappa shape index (κ1) is 22.6. The number of aromatic nitrogens is 2. The molecule has 7 nitrogen and oxygen atoms in total. The highest BCUT2D eigenvalue weighted by Gasteiger charge is 2.37. The zero-order valence-corrected chi connectivity index (χ0v) is 23.0. The zero-order valence-electron chi connectivity index (χ0n) is 23.0. The molecular formula is C37H20N2O5. The third kappa shape index (κ3) is 2.88. The quantitative estimate of drug-likeness (QED) is 0.205. The van der Waals surface area contributed by atoms with Crippen molar-refractivity contribution in [2.45, 2.75) is 12.0 Å². The van der Waals surface area contributed by atoms with Gasteiger partial charge in [-0.3, -0.25) is 4.40 Å². The molecule has 2 atom stereocenters. The molecule has 2 aliphatic rings. The first-order valence-electron chi connectivity index (χ1n) is 14.6. The van der Waals surface area contributed by atoms with E-state index in [0.29, 0.717) is 17.6 Å². The smallest absolute Gasteiger partial charge is 0.307 e. The minimum Gasteiger partial charge on any atom is -0.456 e. The summed E-state index contributed by atoms with van der Waals surface area (Å²) in [7, 11) is 0. The molecule has 4 aromatic carbocycles. The van der Waals surface area contributed by atoms with Crippen molar-refractivity contribution in [2.75, 3.05) is 0 Å². The maximum absolute atomic E-state index is 6.11. The van der Waals surface area contributed by atoms with Gasteiger partial charge >= 0.3 is 5.84 Å². The average molecular weight is 573 g/mol. The molecule has 5 aromatic heterocycles. The molecule has 0 saturated heterocycles. The van der Waals surface area contributed by atoms with Gasteiger partial charge in [0.15, 0.2) is 0 Å². The number of allylic oxidation sites excluding steroid dienone is 2. The Morgan fingerprint density at radius 1 is 0.682 bits per heavy atom. The lowest BCUT2D eigenvalue weighted by Crippen LogP contribution is -2.16. The van der Waals surface area contributed by atoms with Crippen LogP contribution in [-0.4, -0.2) is 15.5 Å². The monoisotopic (exact) mass is 572 g/mol. The molecule has 0 bridgehead atoms. The van der Waals surface area contributed by atoms with Crippen molar-refractivity contribution < 1.29 is 22.4 Å². The molecule has 6 heterocycles. The Morgan fingerprint density at radius 3 is 2.41 bits per heavy atom. The number of imidazole rings is 1. The van der Waals surface area contributed by atoms with Crippen LogP contribution in [-0.2, 0) is 0 Å². The number of para-hydroxylation sites is 1. The van der Waals surface area contributed by atoms with Crippen LogP contribution in [0.2, 0.25) is 0 Å². The van der Waals surface area contributed by atoms with Crippen molar-refractivity contribution >= 4 is 61.0 Å². The van der Waals surface area contributed by atoms with Crippen LogP contribution in [0.5, 0.6) is 5.95 Å². The van der Waals surface area contributed by atoms with E-state index in [1.165, 1.54) is 0 Å². The molecule has 1 aliphatic heterocycles. The highest BCUT2D eigenvalue weighted by molar-refractivity contribution is 6.18. The molecule has 0 amide bonds. The molecule has 0 spiro atoms. The second-order valence-electron chi connectivity index (χ2n) is 11.5. The summed E-state index contributed by atoms with van der Waals surface area (Å²) in [5.74, 6) is 1.84. The Morgan fingerprint density at radius 2 is 1.45 bits per heavy atom. The summed E-state index contributed by atoms with van der Waals surface area (Å²) in [4.78, 5) is 4.78. The minimum atomic E-state index is -0.0250. The summed E-state index contributed by atoms with van der Waals surface area (Å²) in [5.41, 5.74) is 9.44. The fourth-order valence-corrected chi connectivity index (χ4v) is 7.09. The van der Waals surface area contributed by atoms with Gasteiger partial charge in [0.05, 0.1) is 33.6 Å². The molecule has 0 fully saturated rings. The van der Waals surface area contributed by atoms with E-state index < -0.39 is 0 Å². The van der Waals surface area contributed by atoms with E-state index in [0.717, 1.165) is 77.3 Å². The van der Waals surface area contributed by atoms with Crippen LogP contribution in [0.1, 0.15) is 11.5 Å². The molecule has 0 radical (unpaired) electrons. The first-order valence-corrected chi connectivity index (χ1v) is 14.6. The fraction of sp³-hybridized carbons (Fsp3) is 0.0541. The lowest BCUT2D eigenvalue weighted by molar-refractivity contribution is 0.219. The van der Waals surface area contributed by atoms with Crippen LogP contribution in [0.25, 0.3) is 83.3 Å². The van der Waals surface area contributed by atoms with E-state index in [1.54, 1.807) is 6.26 Å². The number of furan rings is 3. The summed E-state index contributed by atoms with van der Waals surface area (Å²) in [6.07, 6.45) is 10.1. The van der Waals surface area contributed by atoms with Gasteiger partial charge in [-0.1, -0.05) is 48.6 Å². The van der Waals surface area contributed by atoms with E-state index in [4.69, 9.17) is 27.4 Å².